The molecule has 4 nitrogen and oxygen atoms in total. The Morgan fingerprint density at radius 3 is 2.67 bits per heavy atom. The smallest absolute Gasteiger partial charge is 0.342 e. The molecule has 0 heterocycles. The number of ether oxygens (including phenoxy) is 1. The van der Waals surface area contributed by atoms with Gasteiger partial charge in [-0.15, -0.1) is 0 Å². The first kappa shape index (κ1) is 15.0. The number of alkyl halides is 1. The number of benzene rings is 1. The molecule has 1 rings (SSSR count). The molecule has 2 atom stereocenters. The van der Waals surface area contributed by atoms with Crippen LogP contribution in [0, 0.1) is 0 Å². The third-order valence-corrected chi connectivity index (χ3v) is 2.76. The van der Waals surface area contributed by atoms with Gasteiger partial charge in [-0.05, 0) is 19.1 Å². The Morgan fingerprint density at radius 2 is 2.17 bits per heavy atom. The summed E-state index contributed by atoms with van der Waals surface area (Å²) in [7, 11) is 0. The van der Waals surface area contributed by atoms with Crippen molar-refractivity contribution in [2.45, 2.75) is 19.1 Å². The van der Waals surface area contributed by atoms with E-state index in [1.165, 1.54) is 12.1 Å². The largest absolute Gasteiger partial charge is 0.507 e. The SMILES string of the molecule is CCOC(=O)C(F)[C@H](N)c1c(O)cc(Cl)cc1Cl. The third kappa shape index (κ3) is 3.25. The lowest BCUT2D eigenvalue weighted by molar-refractivity contribution is -0.149. The molecule has 0 saturated heterocycles. The minimum Gasteiger partial charge on any atom is -0.507 e. The fraction of sp³-hybridized carbons (Fsp3) is 0.364. The number of hydrogen-bond acceptors (Lipinski definition) is 4. The first-order valence-electron chi connectivity index (χ1n) is 5.12. The molecule has 0 bridgehead atoms. The summed E-state index contributed by atoms with van der Waals surface area (Å²) in [5, 5.41) is 9.80. The molecule has 0 amide bonds. The van der Waals surface area contributed by atoms with Crippen molar-refractivity contribution in [3.63, 3.8) is 0 Å². The van der Waals surface area contributed by atoms with Gasteiger partial charge in [-0.2, -0.15) is 0 Å². The van der Waals surface area contributed by atoms with Crippen molar-refractivity contribution in [2.75, 3.05) is 6.61 Å². The molecular formula is C11H12Cl2FNO3. The lowest BCUT2D eigenvalue weighted by Gasteiger charge is -2.18. The van der Waals surface area contributed by atoms with E-state index in [1.54, 1.807) is 6.92 Å². The van der Waals surface area contributed by atoms with Gasteiger partial charge in [0.15, 0.2) is 0 Å². The maximum Gasteiger partial charge on any atom is 0.342 e. The lowest BCUT2D eigenvalue weighted by atomic mass is 10.0. The number of halogens is 3. The van der Waals surface area contributed by atoms with Gasteiger partial charge in [0.05, 0.1) is 17.7 Å². The molecule has 0 spiro atoms. The second-order valence-corrected chi connectivity index (χ2v) is 4.34. The lowest BCUT2D eigenvalue weighted by Crippen LogP contribution is -2.31. The summed E-state index contributed by atoms with van der Waals surface area (Å²) < 4.78 is 18.2. The standard InChI is InChI=1S/C11H12Cl2FNO3/c1-2-18-11(17)9(14)10(15)8-6(13)3-5(12)4-7(8)16/h3-4,9-10,16H,2,15H2,1H3/t9?,10-/m1/s1. The van der Waals surface area contributed by atoms with Gasteiger partial charge < -0.3 is 15.6 Å². The summed E-state index contributed by atoms with van der Waals surface area (Å²) in [6.45, 7) is 1.58. The number of phenols is 1. The van der Waals surface area contributed by atoms with E-state index in [0.29, 0.717) is 0 Å². The molecule has 0 aliphatic rings. The molecule has 0 aliphatic carbocycles. The van der Waals surface area contributed by atoms with E-state index in [9.17, 15) is 14.3 Å². The first-order chi connectivity index (χ1) is 8.38. The van der Waals surface area contributed by atoms with Gasteiger partial charge in [0.25, 0.3) is 0 Å². The number of nitrogens with two attached hydrogens (primary N) is 1. The van der Waals surface area contributed by atoms with E-state index in [1.807, 2.05) is 0 Å². The normalized spacial score (nSPS) is 14.1. The summed E-state index contributed by atoms with van der Waals surface area (Å²) in [4.78, 5) is 11.2. The average Bonchev–Trinajstić information content (AvgIpc) is 2.26. The Balaban J connectivity index is 3.03. The molecule has 1 aromatic rings. The average molecular weight is 296 g/mol. The molecule has 0 fully saturated rings. The molecule has 0 saturated carbocycles. The van der Waals surface area contributed by atoms with Crippen molar-refractivity contribution >= 4 is 29.2 Å². The molecule has 18 heavy (non-hydrogen) atoms. The highest BCUT2D eigenvalue weighted by molar-refractivity contribution is 6.35. The Morgan fingerprint density at radius 1 is 1.56 bits per heavy atom. The molecule has 0 radical (unpaired) electrons. The first-order valence-corrected chi connectivity index (χ1v) is 5.88. The highest BCUT2D eigenvalue weighted by Gasteiger charge is 2.31. The Kier molecular flexibility index (Phi) is 5.19. The number of phenolic OH excluding ortho intramolecular Hbond substituents is 1. The monoisotopic (exact) mass is 295 g/mol. The van der Waals surface area contributed by atoms with Crippen LogP contribution in [0.3, 0.4) is 0 Å². The van der Waals surface area contributed by atoms with Gasteiger partial charge in [-0.25, -0.2) is 9.18 Å². The fourth-order valence-corrected chi connectivity index (χ4v) is 2.02. The molecule has 0 aromatic heterocycles. The van der Waals surface area contributed by atoms with Crippen LogP contribution in [0.25, 0.3) is 0 Å². The summed E-state index contributed by atoms with van der Waals surface area (Å²) in [6.07, 6.45) is -2.12. The quantitative estimate of drug-likeness (QED) is 0.838. The van der Waals surface area contributed by atoms with Crippen LogP contribution in [-0.2, 0) is 9.53 Å². The van der Waals surface area contributed by atoms with E-state index in [-0.39, 0.29) is 28.0 Å². The van der Waals surface area contributed by atoms with E-state index in [2.05, 4.69) is 4.74 Å². The molecule has 1 aromatic carbocycles. The van der Waals surface area contributed by atoms with Gasteiger partial charge in [-0.1, -0.05) is 23.2 Å². The van der Waals surface area contributed by atoms with Crippen molar-refractivity contribution in [2.24, 2.45) is 5.73 Å². The van der Waals surface area contributed by atoms with Gasteiger partial charge in [0.2, 0.25) is 6.17 Å². The fourth-order valence-electron chi connectivity index (χ4n) is 1.42. The molecule has 1 unspecified atom stereocenters. The summed E-state index contributed by atoms with van der Waals surface area (Å²) in [5.41, 5.74) is 5.48. The molecule has 100 valence electrons. The van der Waals surface area contributed by atoms with Gasteiger partial charge in [-0.3, -0.25) is 0 Å². The predicted molar refractivity (Wildman–Crippen MR) is 66.6 cm³/mol. The van der Waals surface area contributed by atoms with E-state index in [4.69, 9.17) is 28.9 Å². The van der Waals surface area contributed by atoms with Crippen LogP contribution in [0.2, 0.25) is 10.0 Å². The second kappa shape index (κ2) is 6.22. The third-order valence-electron chi connectivity index (χ3n) is 2.23. The highest BCUT2D eigenvalue weighted by atomic mass is 35.5. The van der Waals surface area contributed by atoms with Gasteiger partial charge in [0.1, 0.15) is 5.75 Å². The van der Waals surface area contributed by atoms with Crippen LogP contribution in [0.4, 0.5) is 4.39 Å². The predicted octanol–water partition coefficient (Wildman–Crippen LogP) is 2.60. The number of esters is 1. The van der Waals surface area contributed by atoms with Crippen molar-refractivity contribution in [3.05, 3.63) is 27.7 Å². The summed E-state index contributed by atoms with van der Waals surface area (Å²) in [6, 6.07) is 1.05. The Labute approximate surface area is 113 Å². The molecule has 0 aliphatic heterocycles. The maximum atomic E-state index is 13.7. The van der Waals surface area contributed by atoms with Crippen molar-refractivity contribution in [1.82, 2.24) is 0 Å². The number of rotatable bonds is 4. The molecule has 3 N–H and O–H groups in total. The maximum absolute atomic E-state index is 13.7. The van der Waals surface area contributed by atoms with Crippen LogP contribution in [0.15, 0.2) is 12.1 Å². The zero-order chi connectivity index (χ0) is 13.9. The number of carbonyl (C=O) groups excluding carboxylic acids is 1. The zero-order valence-electron chi connectivity index (χ0n) is 9.49. The second-order valence-electron chi connectivity index (χ2n) is 3.50. The molecule has 7 heteroatoms. The minimum absolute atomic E-state index is 0.0144. The van der Waals surface area contributed by atoms with E-state index >= 15 is 0 Å². The van der Waals surface area contributed by atoms with Crippen LogP contribution in [-0.4, -0.2) is 23.9 Å². The Hall–Kier alpha value is -1.04. The van der Waals surface area contributed by atoms with Crippen molar-refractivity contribution in [1.29, 1.82) is 0 Å². The number of hydrogen-bond donors (Lipinski definition) is 2. The van der Waals surface area contributed by atoms with Crippen molar-refractivity contribution in [3.8, 4) is 5.75 Å². The van der Waals surface area contributed by atoms with Crippen LogP contribution in [0.5, 0.6) is 5.75 Å². The Bertz CT molecular complexity index is 433. The highest BCUT2D eigenvalue weighted by Crippen LogP contribution is 2.35. The zero-order valence-corrected chi connectivity index (χ0v) is 11.0. The number of carbonyl (C=O) groups is 1. The minimum atomic E-state index is -2.12. The molecular weight excluding hydrogens is 284 g/mol. The number of aromatic hydroxyl groups is 1. The van der Waals surface area contributed by atoms with Crippen LogP contribution in [0.1, 0.15) is 18.5 Å². The van der Waals surface area contributed by atoms with E-state index < -0.39 is 18.2 Å². The topological polar surface area (TPSA) is 72.5 Å². The van der Waals surface area contributed by atoms with Crippen LogP contribution >= 0.6 is 23.2 Å². The van der Waals surface area contributed by atoms with Crippen molar-refractivity contribution < 1.29 is 19.0 Å². The van der Waals surface area contributed by atoms with Crippen LogP contribution < -0.4 is 5.73 Å². The van der Waals surface area contributed by atoms with Gasteiger partial charge >= 0.3 is 5.97 Å². The summed E-state index contributed by atoms with van der Waals surface area (Å²) >= 11 is 11.5. The van der Waals surface area contributed by atoms with Gasteiger partial charge in [0, 0.05) is 10.6 Å². The van der Waals surface area contributed by atoms with E-state index in [0.717, 1.165) is 0 Å². The summed E-state index contributed by atoms with van der Waals surface area (Å²) in [5.74, 6) is -1.47.